The molecule has 0 saturated heterocycles. The number of ether oxygens (including phenoxy) is 1. The fourth-order valence-corrected chi connectivity index (χ4v) is 4.25. The van der Waals surface area contributed by atoms with Crippen molar-refractivity contribution in [1.82, 2.24) is 18.7 Å². The van der Waals surface area contributed by atoms with Crippen molar-refractivity contribution in [2.45, 2.75) is 23.9 Å². The summed E-state index contributed by atoms with van der Waals surface area (Å²) in [7, 11) is 4.33. The first-order chi connectivity index (χ1) is 14.2. The first kappa shape index (κ1) is 22.1. The van der Waals surface area contributed by atoms with Gasteiger partial charge < -0.3 is 15.0 Å². The third-order valence-electron chi connectivity index (χ3n) is 4.80. The van der Waals surface area contributed by atoms with Crippen LogP contribution in [0.2, 0.25) is 5.02 Å². The minimum Gasteiger partial charge on any atom is -0.384 e. The standard InChI is InChI=1S/C19H22ClN5O4S/c1-10(15(26)14-16(21)23(2)19(28)24(3)17(14)27)30-18-22-12-9-11(20)5-6-13(12)25(18)7-8-29-4/h5-6,9-10H,7-8,21H2,1-4H3. The second-order valence-corrected chi connectivity index (χ2v) is 8.51. The van der Waals surface area contributed by atoms with Gasteiger partial charge in [0.25, 0.3) is 5.56 Å². The van der Waals surface area contributed by atoms with Gasteiger partial charge >= 0.3 is 5.69 Å². The lowest BCUT2D eigenvalue weighted by atomic mass is 10.1. The van der Waals surface area contributed by atoms with Gasteiger partial charge in [0.1, 0.15) is 11.4 Å². The Morgan fingerprint density at radius 2 is 2.00 bits per heavy atom. The van der Waals surface area contributed by atoms with E-state index >= 15 is 0 Å². The van der Waals surface area contributed by atoms with Crippen molar-refractivity contribution in [2.75, 3.05) is 19.5 Å². The SMILES string of the molecule is COCCn1c(SC(C)C(=O)c2c(N)n(C)c(=O)n(C)c2=O)nc2cc(Cl)ccc21. The lowest BCUT2D eigenvalue weighted by molar-refractivity contribution is 0.0992. The number of rotatable bonds is 7. The average Bonchev–Trinajstić information content (AvgIpc) is 3.04. The zero-order valence-corrected chi connectivity index (χ0v) is 18.6. The number of carbonyl (C=O) groups excluding carboxylic acids is 1. The number of hydrogen-bond acceptors (Lipinski definition) is 7. The Morgan fingerprint density at radius 3 is 2.67 bits per heavy atom. The van der Waals surface area contributed by atoms with E-state index in [-0.39, 0.29) is 11.4 Å². The van der Waals surface area contributed by atoms with E-state index in [4.69, 9.17) is 22.1 Å². The Balaban J connectivity index is 2.01. The molecule has 0 aliphatic rings. The number of benzene rings is 1. The van der Waals surface area contributed by atoms with Gasteiger partial charge in [-0.15, -0.1) is 0 Å². The summed E-state index contributed by atoms with van der Waals surface area (Å²) in [6, 6.07) is 5.38. The highest BCUT2D eigenvalue weighted by Crippen LogP contribution is 2.30. The summed E-state index contributed by atoms with van der Waals surface area (Å²) < 4.78 is 9.08. The summed E-state index contributed by atoms with van der Waals surface area (Å²) in [5, 5.41) is 0.470. The highest BCUT2D eigenvalue weighted by atomic mass is 35.5. The zero-order chi connectivity index (χ0) is 22.2. The summed E-state index contributed by atoms with van der Waals surface area (Å²) >= 11 is 7.29. The highest BCUT2D eigenvalue weighted by molar-refractivity contribution is 8.00. The Hall–Kier alpha value is -2.56. The number of anilines is 1. The fraction of sp³-hybridized carbons (Fsp3) is 0.368. The van der Waals surface area contributed by atoms with E-state index in [1.807, 2.05) is 10.6 Å². The Bertz CT molecular complexity index is 1250. The molecule has 3 rings (SSSR count). The van der Waals surface area contributed by atoms with E-state index in [9.17, 15) is 14.4 Å². The minimum absolute atomic E-state index is 0.153. The Kier molecular flexibility index (Phi) is 6.39. The number of imidazole rings is 1. The first-order valence-electron chi connectivity index (χ1n) is 9.08. The number of Topliss-reactive ketones (excluding diaryl/α,β-unsaturated/α-hetero) is 1. The van der Waals surface area contributed by atoms with Crippen molar-refractivity contribution in [3.05, 3.63) is 49.6 Å². The maximum absolute atomic E-state index is 13.1. The smallest absolute Gasteiger partial charge is 0.332 e. The lowest BCUT2D eigenvalue weighted by Crippen LogP contribution is -2.42. The first-order valence-corrected chi connectivity index (χ1v) is 10.3. The molecule has 1 unspecified atom stereocenters. The number of nitrogens with two attached hydrogens (primary N) is 1. The van der Waals surface area contributed by atoms with Gasteiger partial charge in [0.2, 0.25) is 0 Å². The van der Waals surface area contributed by atoms with E-state index in [1.165, 1.54) is 25.9 Å². The molecular formula is C19H22ClN5O4S. The van der Waals surface area contributed by atoms with Crippen LogP contribution in [0.3, 0.4) is 0 Å². The molecule has 0 aliphatic carbocycles. The average molecular weight is 452 g/mol. The molecule has 11 heteroatoms. The van der Waals surface area contributed by atoms with Crippen LogP contribution in [0, 0.1) is 0 Å². The topological polar surface area (TPSA) is 114 Å². The number of ketones is 1. The predicted molar refractivity (Wildman–Crippen MR) is 118 cm³/mol. The molecule has 3 aromatic rings. The van der Waals surface area contributed by atoms with E-state index in [0.717, 1.165) is 14.7 Å². The minimum atomic E-state index is -0.715. The number of aromatic nitrogens is 4. The van der Waals surface area contributed by atoms with Gasteiger partial charge in [-0.1, -0.05) is 23.4 Å². The normalized spacial score (nSPS) is 12.4. The molecule has 0 aliphatic heterocycles. The molecule has 160 valence electrons. The quantitative estimate of drug-likeness (QED) is 0.429. The number of hydrogen-bond donors (Lipinski definition) is 1. The number of halogens is 1. The van der Waals surface area contributed by atoms with E-state index in [2.05, 4.69) is 4.98 Å². The van der Waals surface area contributed by atoms with Gasteiger partial charge in [-0.25, -0.2) is 9.78 Å². The molecule has 0 fully saturated rings. The van der Waals surface area contributed by atoms with Gasteiger partial charge in [0.05, 0.1) is 22.9 Å². The van der Waals surface area contributed by atoms with Crippen LogP contribution in [0.25, 0.3) is 11.0 Å². The molecule has 0 spiro atoms. The van der Waals surface area contributed by atoms with Gasteiger partial charge in [0.15, 0.2) is 10.9 Å². The van der Waals surface area contributed by atoms with Gasteiger partial charge in [-0.2, -0.15) is 0 Å². The second kappa shape index (κ2) is 8.66. The largest absolute Gasteiger partial charge is 0.384 e. The maximum atomic E-state index is 13.1. The number of thioether (sulfide) groups is 1. The van der Waals surface area contributed by atoms with Crippen molar-refractivity contribution in [1.29, 1.82) is 0 Å². The summed E-state index contributed by atoms with van der Waals surface area (Å²) in [6.07, 6.45) is 0. The molecule has 9 nitrogen and oxygen atoms in total. The molecule has 0 saturated carbocycles. The van der Waals surface area contributed by atoms with Crippen molar-refractivity contribution in [3.63, 3.8) is 0 Å². The highest BCUT2D eigenvalue weighted by Gasteiger charge is 2.27. The van der Waals surface area contributed by atoms with E-state index in [1.54, 1.807) is 26.2 Å². The second-order valence-electron chi connectivity index (χ2n) is 6.76. The number of fused-ring (bicyclic) bond motifs is 1. The van der Waals surface area contributed by atoms with Crippen molar-refractivity contribution < 1.29 is 9.53 Å². The number of methoxy groups -OCH3 is 1. The third-order valence-corrected chi connectivity index (χ3v) is 6.13. The number of nitrogen functional groups attached to an aromatic ring is 1. The molecule has 0 bridgehead atoms. The predicted octanol–water partition coefficient (Wildman–Crippen LogP) is 1.68. The van der Waals surface area contributed by atoms with Crippen molar-refractivity contribution in [2.24, 2.45) is 14.1 Å². The van der Waals surface area contributed by atoms with Crippen LogP contribution in [0.5, 0.6) is 0 Å². The molecule has 0 amide bonds. The molecule has 1 atom stereocenters. The van der Waals surface area contributed by atoms with Crippen LogP contribution in [0.1, 0.15) is 17.3 Å². The van der Waals surface area contributed by atoms with E-state index in [0.29, 0.717) is 28.8 Å². The zero-order valence-electron chi connectivity index (χ0n) is 17.0. The third kappa shape index (κ3) is 3.90. The molecule has 30 heavy (non-hydrogen) atoms. The maximum Gasteiger partial charge on any atom is 0.332 e. The lowest BCUT2D eigenvalue weighted by Gasteiger charge is -2.15. The van der Waals surface area contributed by atoms with E-state index < -0.39 is 22.3 Å². The van der Waals surface area contributed by atoms with Crippen LogP contribution in [-0.4, -0.2) is 43.4 Å². The Labute approximate surface area is 181 Å². The summed E-state index contributed by atoms with van der Waals surface area (Å²) in [4.78, 5) is 42.2. The van der Waals surface area contributed by atoms with Gasteiger partial charge in [0, 0.05) is 32.8 Å². The van der Waals surface area contributed by atoms with Crippen LogP contribution in [0.15, 0.2) is 32.9 Å². The van der Waals surface area contributed by atoms with Gasteiger partial charge in [-0.05, 0) is 25.1 Å². The van der Waals surface area contributed by atoms with Crippen molar-refractivity contribution in [3.8, 4) is 0 Å². The van der Waals surface area contributed by atoms with Crippen molar-refractivity contribution >= 4 is 46.0 Å². The molecule has 0 radical (unpaired) electrons. The fourth-order valence-electron chi connectivity index (χ4n) is 3.08. The van der Waals surface area contributed by atoms with Crippen LogP contribution < -0.4 is 17.0 Å². The van der Waals surface area contributed by atoms with Crippen LogP contribution >= 0.6 is 23.4 Å². The van der Waals surface area contributed by atoms with Gasteiger partial charge in [-0.3, -0.25) is 18.7 Å². The number of carbonyl (C=O) groups is 1. The van der Waals surface area contributed by atoms with Crippen LogP contribution in [-0.2, 0) is 25.4 Å². The molecule has 2 heterocycles. The monoisotopic (exact) mass is 451 g/mol. The summed E-state index contributed by atoms with van der Waals surface area (Å²) in [6.45, 7) is 2.66. The summed E-state index contributed by atoms with van der Waals surface area (Å²) in [5.74, 6) is -0.628. The summed E-state index contributed by atoms with van der Waals surface area (Å²) in [5.41, 5.74) is 5.97. The molecule has 2 N–H and O–H groups in total. The molecule has 2 aromatic heterocycles. The number of nitrogens with zero attached hydrogens (tertiary/aromatic N) is 4. The van der Waals surface area contributed by atoms with Crippen LogP contribution in [0.4, 0.5) is 5.82 Å². The molecular weight excluding hydrogens is 430 g/mol. The Morgan fingerprint density at radius 1 is 1.30 bits per heavy atom. The molecule has 1 aromatic carbocycles.